The molecule has 138 valence electrons. The minimum atomic E-state index is -0.561. The van der Waals surface area contributed by atoms with E-state index in [4.69, 9.17) is 0 Å². The molecule has 1 aliphatic heterocycles. The predicted octanol–water partition coefficient (Wildman–Crippen LogP) is 0.117. The summed E-state index contributed by atoms with van der Waals surface area (Å²) >= 11 is 0. The lowest BCUT2D eigenvalue weighted by Crippen LogP contribution is -2.56. The van der Waals surface area contributed by atoms with E-state index in [2.05, 4.69) is 24.1 Å². The molecule has 0 spiro atoms. The molecular formula is C18H22N4O4. The van der Waals surface area contributed by atoms with Gasteiger partial charge in [0.25, 0.3) is 11.5 Å². The highest BCUT2D eigenvalue weighted by Gasteiger charge is 2.37. The van der Waals surface area contributed by atoms with Crippen molar-refractivity contribution in [1.82, 2.24) is 19.8 Å². The Morgan fingerprint density at radius 3 is 2.58 bits per heavy atom. The van der Waals surface area contributed by atoms with Crippen LogP contribution in [-0.4, -0.2) is 51.5 Å². The standard InChI is InChI=1S/C18H22N4O4/c1-18(2)9-21(10-18)14(24)7-22-15-12(4-11(8-23)6-20-15)5-13(17(22)26)16(25)19-3/h4-6,23H,7-10H2,1-3H3,(H,19,25). The number of aromatic nitrogens is 2. The fraction of sp³-hybridized carbons (Fsp3) is 0.444. The fourth-order valence-corrected chi connectivity index (χ4v) is 3.24. The van der Waals surface area contributed by atoms with Gasteiger partial charge in [0, 0.05) is 31.7 Å². The van der Waals surface area contributed by atoms with Crippen LogP contribution in [0.1, 0.15) is 29.8 Å². The maximum atomic E-state index is 12.8. The number of rotatable bonds is 4. The molecule has 1 aliphatic rings. The minimum absolute atomic E-state index is 0.0615. The predicted molar refractivity (Wildman–Crippen MR) is 95.7 cm³/mol. The molecule has 1 fully saturated rings. The van der Waals surface area contributed by atoms with Crippen molar-refractivity contribution < 1.29 is 14.7 Å². The summed E-state index contributed by atoms with van der Waals surface area (Å²) < 4.78 is 1.23. The number of nitrogens with zero attached hydrogens (tertiary/aromatic N) is 3. The molecule has 0 atom stereocenters. The molecule has 0 aromatic carbocycles. The molecule has 2 amide bonds. The van der Waals surface area contributed by atoms with Crippen LogP contribution in [0.5, 0.6) is 0 Å². The van der Waals surface area contributed by atoms with Gasteiger partial charge >= 0.3 is 0 Å². The zero-order valence-corrected chi connectivity index (χ0v) is 15.1. The maximum absolute atomic E-state index is 12.8. The van der Waals surface area contributed by atoms with Crippen LogP contribution in [-0.2, 0) is 17.9 Å². The van der Waals surface area contributed by atoms with E-state index in [1.165, 1.54) is 23.9 Å². The molecule has 2 aromatic heterocycles. The second kappa shape index (κ2) is 6.53. The van der Waals surface area contributed by atoms with Crippen LogP contribution in [0.15, 0.2) is 23.1 Å². The molecular weight excluding hydrogens is 336 g/mol. The molecule has 26 heavy (non-hydrogen) atoms. The van der Waals surface area contributed by atoms with Crippen molar-refractivity contribution >= 4 is 22.8 Å². The smallest absolute Gasteiger partial charge is 0.265 e. The summed E-state index contributed by atoms with van der Waals surface area (Å²) in [6.07, 6.45) is 1.45. The van der Waals surface area contributed by atoms with E-state index >= 15 is 0 Å². The highest BCUT2D eigenvalue weighted by molar-refractivity contribution is 5.97. The Bertz CT molecular complexity index is 940. The first kappa shape index (κ1) is 18.1. The topological polar surface area (TPSA) is 105 Å². The van der Waals surface area contributed by atoms with Gasteiger partial charge in [-0.2, -0.15) is 0 Å². The van der Waals surface area contributed by atoms with Gasteiger partial charge in [-0.15, -0.1) is 0 Å². The van der Waals surface area contributed by atoms with Gasteiger partial charge in [0.2, 0.25) is 5.91 Å². The number of likely N-dealkylation sites (tertiary alicyclic amines) is 1. The third-order valence-corrected chi connectivity index (χ3v) is 4.52. The largest absolute Gasteiger partial charge is 0.392 e. The normalized spacial score (nSPS) is 15.6. The van der Waals surface area contributed by atoms with Crippen LogP contribution >= 0.6 is 0 Å². The van der Waals surface area contributed by atoms with Crippen LogP contribution in [0, 0.1) is 5.41 Å². The van der Waals surface area contributed by atoms with E-state index in [0.717, 1.165) is 0 Å². The number of fused-ring (bicyclic) bond motifs is 1. The molecule has 8 nitrogen and oxygen atoms in total. The summed E-state index contributed by atoms with van der Waals surface area (Å²) in [7, 11) is 1.44. The van der Waals surface area contributed by atoms with Gasteiger partial charge in [0.05, 0.1) is 6.61 Å². The summed E-state index contributed by atoms with van der Waals surface area (Å²) in [6, 6.07) is 3.10. The molecule has 2 aromatic rings. The highest BCUT2D eigenvalue weighted by atomic mass is 16.3. The lowest BCUT2D eigenvalue weighted by Gasteiger charge is -2.45. The molecule has 0 radical (unpaired) electrons. The summed E-state index contributed by atoms with van der Waals surface area (Å²) in [5, 5.41) is 12.3. The molecule has 0 saturated carbocycles. The lowest BCUT2D eigenvalue weighted by atomic mass is 9.84. The number of aliphatic hydroxyl groups excluding tert-OH is 1. The molecule has 1 saturated heterocycles. The summed E-state index contributed by atoms with van der Waals surface area (Å²) in [5.74, 6) is -0.715. The van der Waals surface area contributed by atoms with E-state index in [-0.39, 0.29) is 30.0 Å². The zero-order chi connectivity index (χ0) is 19.1. The van der Waals surface area contributed by atoms with Crippen LogP contribution in [0.4, 0.5) is 0 Å². The maximum Gasteiger partial charge on any atom is 0.265 e. The average Bonchev–Trinajstić information content (AvgIpc) is 2.60. The van der Waals surface area contributed by atoms with Crippen molar-refractivity contribution in [1.29, 1.82) is 0 Å². The third kappa shape index (κ3) is 3.20. The quantitative estimate of drug-likeness (QED) is 0.808. The number of hydrogen-bond acceptors (Lipinski definition) is 5. The van der Waals surface area contributed by atoms with E-state index in [1.807, 2.05) is 0 Å². The number of hydrogen-bond donors (Lipinski definition) is 2. The molecule has 0 bridgehead atoms. The summed E-state index contributed by atoms with van der Waals surface area (Å²) in [5.41, 5.74) is 0.332. The first-order valence-corrected chi connectivity index (χ1v) is 8.39. The van der Waals surface area contributed by atoms with Crippen LogP contribution < -0.4 is 10.9 Å². The molecule has 3 rings (SSSR count). The van der Waals surface area contributed by atoms with Crippen LogP contribution in [0.25, 0.3) is 11.0 Å². The Balaban J connectivity index is 2.07. The van der Waals surface area contributed by atoms with Gasteiger partial charge in [0.1, 0.15) is 17.8 Å². The van der Waals surface area contributed by atoms with Gasteiger partial charge in [0.15, 0.2) is 0 Å². The number of carbonyl (C=O) groups is 2. The van der Waals surface area contributed by atoms with E-state index in [0.29, 0.717) is 29.7 Å². The number of aliphatic hydroxyl groups is 1. The minimum Gasteiger partial charge on any atom is -0.392 e. The van der Waals surface area contributed by atoms with Crippen LogP contribution in [0.2, 0.25) is 0 Å². The first-order valence-electron chi connectivity index (χ1n) is 8.39. The zero-order valence-electron chi connectivity index (χ0n) is 15.1. The molecule has 0 aliphatic carbocycles. The Labute approximate surface area is 150 Å². The number of carbonyl (C=O) groups excluding carboxylic acids is 2. The van der Waals surface area contributed by atoms with Crippen molar-refractivity contribution in [3.05, 3.63) is 39.8 Å². The highest BCUT2D eigenvalue weighted by Crippen LogP contribution is 2.28. The van der Waals surface area contributed by atoms with Crippen molar-refractivity contribution in [3.63, 3.8) is 0 Å². The van der Waals surface area contributed by atoms with Crippen molar-refractivity contribution in [2.24, 2.45) is 5.41 Å². The van der Waals surface area contributed by atoms with Crippen molar-refractivity contribution in [2.75, 3.05) is 20.1 Å². The van der Waals surface area contributed by atoms with Crippen molar-refractivity contribution in [3.8, 4) is 0 Å². The summed E-state index contributed by atoms with van der Waals surface area (Å²) in [4.78, 5) is 43.3. The molecule has 2 N–H and O–H groups in total. The lowest BCUT2D eigenvalue weighted by molar-refractivity contribution is -0.142. The van der Waals surface area contributed by atoms with Crippen molar-refractivity contribution in [2.45, 2.75) is 27.0 Å². The molecule has 0 unspecified atom stereocenters. The second-order valence-corrected chi connectivity index (χ2v) is 7.36. The number of amides is 2. The second-order valence-electron chi connectivity index (χ2n) is 7.36. The average molecular weight is 358 g/mol. The molecule has 3 heterocycles. The Hall–Kier alpha value is -2.74. The van der Waals surface area contributed by atoms with E-state index < -0.39 is 11.5 Å². The monoisotopic (exact) mass is 358 g/mol. The van der Waals surface area contributed by atoms with Gasteiger partial charge in [-0.25, -0.2) is 4.98 Å². The Morgan fingerprint density at radius 2 is 2.00 bits per heavy atom. The van der Waals surface area contributed by atoms with Gasteiger partial charge in [-0.3, -0.25) is 19.0 Å². The van der Waals surface area contributed by atoms with Gasteiger partial charge in [-0.1, -0.05) is 13.8 Å². The number of nitrogens with one attached hydrogen (secondary N) is 1. The molecule has 8 heteroatoms. The third-order valence-electron chi connectivity index (χ3n) is 4.52. The Morgan fingerprint density at radius 1 is 1.31 bits per heavy atom. The summed E-state index contributed by atoms with van der Waals surface area (Å²) in [6.45, 7) is 5.03. The van der Waals surface area contributed by atoms with E-state index in [1.54, 1.807) is 11.0 Å². The van der Waals surface area contributed by atoms with Gasteiger partial charge in [-0.05, 0) is 23.1 Å². The fourth-order valence-electron chi connectivity index (χ4n) is 3.24. The SMILES string of the molecule is CNC(=O)c1cc2cc(CO)cnc2n(CC(=O)N2CC(C)(C)C2)c1=O. The first-order chi connectivity index (χ1) is 12.3. The number of pyridine rings is 2. The van der Waals surface area contributed by atoms with Crippen LogP contribution in [0.3, 0.4) is 0 Å². The van der Waals surface area contributed by atoms with Gasteiger partial charge < -0.3 is 15.3 Å². The van der Waals surface area contributed by atoms with E-state index in [9.17, 15) is 19.5 Å². The Kier molecular flexibility index (Phi) is 4.53.